The molecule has 0 heterocycles. The van der Waals surface area contributed by atoms with Crippen molar-refractivity contribution in [2.75, 3.05) is 6.67 Å². The van der Waals surface area contributed by atoms with Crippen molar-refractivity contribution in [1.82, 2.24) is 0 Å². The van der Waals surface area contributed by atoms with Crippen LogP contribution in [0.4, 0.5) is 4.39 Å². The number of alkyl halides is 7. The minimum absolute atomic E-state index is 0.733. The number of rotatable bonds is 3. The summed E-state index contributed by atoms with van der Waals surface area (Å²) in [5.41, 5.74) is 0. The third-order valence-electron chi connectivity index (χ3n) is 1.00. The molecule has 1 N–H and O–H groups in total. The average Bonchev–Trinajstić information content (AvgIpc) is 1.85. The maximum Gasteiger partial charge on any atom is 0.202 e. The summed E-state index contributed by atoms with van der Waals surface area (Å²) in [7, 11) is 0. The minimum atomic E-state index is -1.49. The molecule has 0 spiro atoms. The second-order valence-electron chi connectivity index (χ2n) is 1.95. The van der Waals surface area contributed by atoms with E-state index in [0.717, 1.165) is 0 Å². The topological polar surface area (TPSA) is 20.2 Å². The summed E-state index contributed by atoms with van der Waals surface area (Å²) in [6.07, 6.45) is 0. The first kappa shape index (κ1) is 14.8. The smallest absolute Gasteiger partial charge is 0.202 e. The molecular formula is C4H3Br6FO. The normalized spacial score (nSPS) is 15.0. The Hall–Kier alpha value is 2.77. The quantitative estimate of drug-likeness (QED) is 0.505. The second-order valence-corrected chi connectivity index (χ2v) is 12.5. The fourth-order valence-electron chi connectivity index (χ4n) is 0.304. The molecule has 0 radical (unpaired) electrons. The third-order valence-corrected chi connectivity index (χ3v) is 10.6. The molecule has 0 aliphatic carbocycles. The molecule has 0 rings (SSSR count). The highest BCUT2D eigenvalue weighted by atomic mass is 79.9. The molecule has 0 aromatic heterocycles. The standard InChI is InChI=1S/C4H3Br6FO/c5-2(6,1-11)3(7,8)4(9,10)12/h12H,1H2. The molecule has 0 aromatic carbocycles. The van der Waals surface area contributed by atoms with Crippen LogP contribution >= 0.6 is 95.6 Å². The summed E-state index contributed by atoms with van der Waals surface area (Å²) in [4.78, 5) is 0. The Balaban J connectivity index is 4.85. The fraction of sp³-hybridized carbons (Fsp3) is 1.00. The Morgan fingerprint density at radius 2 is 1.33 bits per heavy atom. The molecule has 0 unspecified atom stereocenters. The zero-order valence-corrected chi connectivity index (χ0v) is 14.8. The molecule has 0 aliphatic heterocycles. The van der Waals surface area contributed by atoms with E-state index in [-0.39, 0.29) is 0 Å². The van der Waals surface area contributed by atoms with Gasteiger partial charge in [-0.05, 0) is 31.9 Å². The summed E-state index contributed by atoms with van der Waals surface area (Å²) in [6, 6.07) is 0. The van der Waals surface area contributed by atoms with E-state index in [1.54, 1.807) is 0 Å². The van der Waals surface area contributed by atoms with E-state index in [1.165, 1.54) is 0 Å². The predicted molar refractivity (Wildman–Crippen MR) is 69.9 cm³/mol. The third kappa shape index (κ3) is 3.13. The first-order chi connectivity index (χ1) is 5.06. The van der Waals surface area contributed by atoms with Crippen LogP contribution in [0, 0.1) is 0 Å². The largest absolute Gasteiger partial charge is 0.368 e. The highest BCUT2D eigenvalue weighted by molar-refractivity contribution is 9.33. The van der Waals surface area contributed by atoms with Gasteiger partial charge in [0.25, 0.3) is 0 Å². The van der Waals surface area contributed by atoms with E-state index < -0.39 is 16.6 Å². The number of aliphatic hydroxyl groups is 1. The lowest BCUT2D eigenvalue weighted by atomic mass is 10.3. The van der Waals surface area contributed by atoms with E-state index in [2.05, 4.69) is 95.6 Å². The molecule has 0 saturated carbocycles. The number of hydrogen-bond acceptors (Lipinski definition) is 1. The first-order valence-electron chi connectivity index (χ1n) is 2.48. The van der Waals surface area contributed by atoms with Crippen molar-refractivity contribution in [2.45, 2.75) is 9.89 Å². The first-order valence-corrected chi connectivity index (χ1v) is 7.24. The van der Waals surface area contributed by atoms with Crippen LogP contribution in [0.3, 0.4) is 0 Å². The van der Waals surface area contributed by atoms with Crippen LogP contribution in [0.15, 0.2) is 0 Å². The van der Waals surface area contributed by atoms with Crippen molar-refractivity contribution in [3.05, 3.63) is 0 Å². The van der Waals surface area contributed by atoms with E-state index >= 15 is 0 Å². The zero-order chi connectivity index (χ0) is 10.2. The maximum absolute atomic E-state index is 12.5. The van der Waals surface area contributed by atoms with Gasteiger partial charge in [-0.1, -0.05) is 63.7 Å². The lowest BCUT2D eigenvalue weighted by Gasteiger charge is -2.38. The van der Waals surface area contributed by atoms with Gasteiger partial charge in [0.1, 0.15) is 9.91 Å². The second kappa shape index (κ2) is 4.74. The molecule has 12 heavy (non-hydrogen) atoms. The number of halogens is 7. The van der Waals surface area contributed by atoms with E-state index in [0.29, 0.717) is 0 Å². The Labute approximate surface area is 120 Å². The zero-order valence-electron chi connectivity index (χ0n) is 5.30. The Morgan fingerprint density at radius 1 is 1.00 bits per heavy atom. The van der Waals surface area contributed by atoms with Gasteiger partial charge >= 0.3 is 0 Å². The summed E-state index contributed by atoms with van der Waals surface area (Å²) in [6.45, 7) is -0.733. The Morgan fingerprint density at radius 3 is 1.42 bits per heavy atom. The average molecular weight is 565 g/mol. The fourth-order valence-corrected chi connectivity index (χ4v) is 2.83. The highest BCUT2D eigenvalue weighted by Crippen LogP contribution is 2.58. The maximum atomic E-state index is 12.5. The lowest BCUT2D eigenvalue weighted by Crippen LogP contribution is -2.48. The minimum Gasteiger partial charge on any atom is -0.368 e. The molecule has 0 aromatic rings. The SMILES string of the molecule is OC(Br)(Br)C(Br)(Br)C(Br)(Br)CF. The van der Waals surface area contributed by atoms with Crippen LogP contribution in [0.2, 0.25) is 0 Å². The predicted octanol–water partition coefficient (Wildman–Crippen LogP) is 4.36. The van der Waals surface area contributed by atoms with Gasteiger partial charge in [-0.25, -0.2) is 4.39 Å². The van der Waals surface area contributed by atoms with Crippen molar-refractivity contribution in [2.24, 2.45) is 0 Å². The van der Waals surface area contributed by atoms with E-state index in [1.807, 2.05) is 0 Å². The summed E-state index contributed by atoms with van der Waals surface area (Å²) in [5.74, 6) is 0. The molecule has 0 fully saturated rings. The van der Waals surface area contributed by atoms with Crippen LogP contribution in [-0.4, -0.2) is 21.7 Å². The van der Waals surface area contributed by atoms with Crippen LogP contribution in [0.25, 0.3) is 0 Å². The van der Waals surface area contributed by atoms with Gasteiger partial charge < -0.3 is 5.11 Å². The van der Waals surface area contributed by atoms with Crippen LogP contribution in [0.5, 0.6) is 0 Å². The molecule has 0 atom stereocenters. The van der Waals surface area contributed by atoms with Gasteiger partial charge in [-0.3, -0.25) is 0 Å². The Bertz CT molecular complexity index is 163. The van der Waals surface area contributed by atoms with Gasteiger partial charge in [0, 0.05) is 0 Å². The molecular weight excluding hydrogens is 562 g/mol. The number of hydrogen-bond donors (Lipinski definition) is 1. The van der Waals surface area contributed by atoms with Crippen molar-refractivity contribution >= 4 is 95.6 Å². The molecule has 0 saturated heterocycles. The van der Waals surface area contributed by atoms with Crippen LogP contribution < -0.4 is 0 Å². The van der Waals surface area contributed by atoms with Gasteiger partial charge in [0.15, 0.2) is 3.23 Å². The van der Waals surface area contributed by atoms with Crippen LogP contribution in [-0.2, 0) is 0 Å². The molecule has 1 nitrogen and oxygen atoms in total. The molecule has 8 heteroatoms. The van der Waals surface area contributed by atoms with Gasteiger partial charge in [0.2, 0.25) is 3.42 Å². The summed E-state index contributed by atoms with van der Waals surface area (Å²) >= 11 is 18.2. The summed E-state index contributed by atoms with van der Waals surface area (Å²) < 4.78 is 8.72. The van der Waals surface area contributed by atoms with Crippen molar-refractivity contribution in [3.8, 4) is 0 Å². The highest BCUT2D eigenvalue weighted by Gasteiger charge is 2.57. The summed E-state index contributed by atoms with van der Waals surface area (Å²) in [5, 5.41) is 9.53. The van der Waals surface area contributed by atoms with E-state index in [4.69, 9.17) is 0 Å². The molecule has 0 aliphatic rings. The van der Waals surface area contributed by atoms with Crippen molar-refractivity contribution < 1.29 is 9.50 Å². The lowest BCUT2D eigenvalue weighted by molar-refractivity contribution is 0.224. The van der Waals surface area contributed by atoms with Gasteiger partial charge in [-0.2, -0.15) is 0 Å². The molecule has 0 bridgehead atoms. The monoisotopic (exact) mass is 560 g/mol. The van der Waals surface area contributed by atoms with E-state index in [9.17, 15) is 9.50 Å². The van der Waals surface area contributed by atoms with Gasteiger partial charge in [0.05, 0.1) is 0 Å². The molecule has 0 amide bonds. The van der Waals surface area contributed by atoms with Crippen LogP contribution in [0.1, 0.15) is 0 Å². The Kier molecular flexibility index (Phi) is 5.83. The van der Waals surface area contributed by atoms with Gasteiger partial charge in [-0.15, -0.1) is 0 Å². The van der Waals surface area contributed by atoms with Crippen molar-refractivity contribution in [3.63, 3.8) is 0 Å². The molecule has 74 valence electrons. The van der Waals surface area contributed by atoms with Crippen molar-refractivity contribution in [1.29, 1.82) is 0 Å².